The number of nitrogens with one attached hydrogen (secondary N) is 1. The standard InChI is InChI=1S/C21H25FN2O3/c1-16(25)24(13-11-17-7-3-5-9-19(17)22)14-12-21(26)23-15-18-8-4-6-10-20(18)27-2/h3-10H,11-15H2,1-2H3,(H,23,26). The maximum Gasteiger partial charge on any atom is 0.222 e. The van der Waals surface area contributed by atoms with Crippen LogP contribution in [0.25, 0.3) is 0 Å². The molecular formula is C21H25FN2O3. The van der Waals surface area contributed by atoms with E-state index in [9.17, 15) is 14.0 Å². The molecule has 0 radical (unpaired) electrons. The Morgan fingerprint density at radius 2 is 1.70 bits per heavy atom. The molecule has 0 spiro atoms. The lowest BCUT2D eigenvalue weighted by Gasteiger charge is -2.21. The molecule has 144 valence electrons. The highest BCUT2D eigenvalue weighted by atomic mass is 19.1. The Hall–Kier alpha value is -2.89. The number of amides is 2. The number of nitrogens with zero attached hydrogens (tertiary/aromatic N) is 1. The molecule has 2 aromatic rings. The van der Waals surface area contributed by atoms with Crippen LogP contribution in [0.2, 0.25) is 0 Å². The number of benzene rings is 2. The Labute approximate surface area is 159 Å². The summed E-state index contributed by atoms with van der Waals surface area (Å²) >= 11 is 0. The molecule has 0 heterocycles. The number of hydrogen-bond donors (Lipinski definition) is 1. The second-order valence-electron chi connectivity index (χ2n) is 6.19. The van der Waals surface area contributed by atoms with Crippen molar-refractivity contribution < 1.29 is 18.7 Å². The highest BCUT2D eigenvalue weighted by molar-refractivity contribution is 5.78. The molecule has 0 aliphatic heterocycles. The topological polar surface area (TPSA) is 58.6 Å². The number of methoxy groups -OCH3 is 1. The van der Waals surface area contributed by atoms with Crippen LogP contribution in [0, 0.1) is 5.82 Å². The van der Waals surface area contributed by atoms with Gasteiger partial charge in [0.1, 0.15) is 11.6 Å². The van der Waals surface area contributed by atoms with Gasteiger partial charge >= 0.3 is 0 Å². The van der Waals surface area contributed by atoms with Gasteiger partial charge in [0.25, 0.3) is 0 Å². The largest absolute Gasteiger partial charge is 0.496 e. The third-order valence-electron chi connectivity index (χ3n) is 4.33. The molecule has 2 aromatic carbocycles. The maximum atomic E-state index is 13.7. The molecule has 0 aliphatic carbocycles. The number of carbonyl (C=O) groups excluding carboxylic acids is 2. The predicted molar refractivity (Wildman–Crippen MR) is 102 cm³/mol. The van der Waals surface area contributed by atoms with Crippen molar-refractivity contribution in [2.45, 2.75) is 26.3 Å². The molecule has 0 fully saturated rings. The van der Waals surface area contributed by atoms with Crippen LogP contribution in [0.4, 0.5) is 4.39 Å². The summed E-state index contributed by atoms with van der Waals surface area (Å²) in [6.07, 6.45) is 0.598. The van der Waals surface area contributed by atoms with Gasteiger partial charge in [-0.25, -0.2) is 4.39 Å². The van der Waals surface area contributed by atoms with Crippen molar-refractivity contribution >= 4 is 11.8 Å². The van der Waals surface area contributed by atoms with E-state index < -0.39 is 0 Å². The molecule has 0 saturated carbocycles. The molecule has 0 aliphatic rings. The Morgan fingerprint density at radius 1 is 1.04 bits per heavy atom. The third kappa shape index (κ3) is 6.40. The second kappa shape index (κ2) is 10.3. The van der Waals surface area contributed by atoms with Gasteiger partial charge in [-0.05, 0) is 24.1 Å². The SMILES string of the molecule is COc1ccccc1CNC(=O)CCN(CCc1ccccc1F)C(C)=O. The van der Waals surface area contributed by atoms with E-state index in [-0.39, 0.29) is 24.1 Å². The summed E-state index contributed by atoms with van der Waals surface area (Å²) in [5, 5.41) is 2.83. The third-order valence-corrected chi connectivity index (χ3v) is 4.33. The van der Waals surface area contributed by atoms with Crippen LogP contribution >= 0.6 is 0 Å². The van der Waals surface area contributed by atoms with Gasteiger partial charge in [-0.2, -0.15) is 0 Å². The van der Waals surface area contributed by atoms with Gasteiger partial charge in [-0.15, -0.1) is 0 Å². The van der Waals surface area contributed by atoms with Crippen LogP contribution in [-0.2, 0) is 22.6 Å². The first-order valence-corrected chi connectivity index (χ1v) is 8.88. The van der Waals surface area contributed by atoms with Crippen LogP contribution in [-0.4, -0.2) is 36.9 Å². The summed E-state index contributed by atoms with van der Waals surface area (Å²) in [6, 6.07) is 14.0. The molecule has 2 rings (SSSR count). The number of carbonyl (C=O) groups is 2. The summed E-state index contributed by atoms with van der Waals surface area (Å²) in [7, 11) is 1.58. The lowest BCUT2D eigenvalue weighted by molar-refractivity contribution is -0.129. The first-order valence-electron chi connectivity index (χ1n) is 8.88. The molecular weight excluding hydrogens is 347 g/mol. The van der Waals surface area contributed by atoms with E-state index in [4.69, 9.17) is 4.74 Å². The Bertz CT molecular complexity index is 780. The summed E-state index contributed by atoms with van der Waals surface area (Å²) in [4.78, 5) is 25.5. The number of rotatable bonds is 9. The molecule has 0 saturated heterocycles. The summed E-state index contributed by atoms with van der Waals surface area (Å²) < 4.78 is 19.0. The number of ether oxygens (including phenoxy) is 1. The van der Waals surface area contributed by atoms with E-state index in [0.29, 0.717) is 37.4 Å². The quantitative estimate of drug-likeness (QED) is 0.736. The average Bonchev–Trinajstić information content (AvgIpc) is 2.67. The van der Waals surface area contributed by atoms with E-state index in [1.807, 2.05) is 24.3 Å². The van der Waals surface area contributed by atoms with Gasteiger partial charge in [0.05, 0.1) is 7.11 Å². The van der Waals surface area contributed by atoms with Gasteiger partial charge < -0.3 is 15.0 Å². The minimum Gasteiger partial charge on any atom is -0.496 e. The van der Waals surface area contributed by atoms with Crippen molar-refractivity contribution in [1.29, 1.82) is 0 Å². The minimum atomic E-state index is -0.282. The normalized spacial score (nSPS) is 10.3. The van der Waals surface area contributed by atoms with Crippen LogP contribution < -0.4 is 10.1 Å². The fraction of sp³-hybridized carbons (Fsp3) is 0.333. The first-order chi connectivity index (χ1) is 13.0. The molecule has 1 N–H and O–H groups in total. The Kier molecular flexibility index (Phi) is 7.79. The van der Waals surface area contributed by atoms with Gasteiger partial charge in [0.2, 0.25) is 11.8 Å². The van der Waals surface area contributed by atoms with Crippen molar-refractivity contribution in [3.63, 3.8) is 0 Å². The Balaban J connectivity index is 1.81. The van der Waals surface area contributed by atoms with Crippen molar-refractivity contribution in [2.75, 3.05) is 20.2 Å². The van der Waals surface area contributed by atoms with Crippen LogP contribution in [0.15, 0.2) is 48.5 Å². The van der Waals surface area contributed by atoms with Crippen LogP contribution in [0.1, 0.15) is 24.5 Å². The fourth-order valence-corrected chi connectivity index (χ4v) is 2.75. The van der Waals surface area contributed by atoms with Crippen LogP contribution in [0.3, 0.4) is 0 Å². The highest BCUT2D eigenvalue weighted by Gasteiger charge is 2.13. The van der Waals surface area contributed by atoms with Gasteiger partial charge in [0, 0.05) is 38.5 Å². The second-order valence-corrected chi connectivity index (χ2v) is 6.19. The lowest BCUT2D eigenvalue weighted by Crippen LogP contribution is -2.35. The van der Waals surface area contributed by atoms with Gasteiger partial charge in [0.15, 0.2) is 0 Å². The minimum absolute atomic E-state index is 0.135. The zero-order chi connectivity index (χ0) is 19.6. The summed E-state index contributed by atoms with van der Waals surface area (Å²) in [5.74, 6) is 0.144. The smallest absolute Gasteiger partial charge is 0.222 e. The molecule has 6 heteroatoms. The van der Waals surface area contributed by atoms with Crippen molar-refractivity contribution in [2.24, 2.45) is 0 Å². The molecule has 5 nitrogen and oxygen atoms in total. The summed E-state index contributed by atoms with van der Waals surface area (Å²) in [6.45, 7) is 2.48. The molecule has 27 heavy (non-hydrogen) atoms. The van der Waals surface area contributed by atoms with Crippen molar-refractivity contribution in [3.8, 4) is 5.75 Å². The maximum absolute atomic E-state index is 13.7. The summed E-state index contributed by atoms with van der Waals surface area (Å²) in [5.41, 5.74) is 1.45. The molecule has 2 amide bonds. The molecule has 0 unspecified atom stereocenters. The van der Waals surface area contributed by atoms with Crippen molar-refractivity contribution in [3.05, 3.63) is 65.5 Å². The monoisotopic (exact) mass is 372 g/mol. The Morgan fingerprint density at radius 3 is 2.37 bits per heavy atom. The average molecular weight is 372 g/mol. The van der Waals surface area contributed by atoms with E-state index in [2.05, 4.69) is 5.32 Å². The zero-order valence-electron chi connectivity index (χ0n) is 15.7. The van der Waals surface area contributed by atoms with E-state index >= 15 is 0 Å². The number of para-hydroxylation sites is 1. The van der Waals surface area contributed by atoms with Crippen LogP contribution in [0.5, 0.6) is 5.75 Å². The predicted octanol–water partition coefficient (Wildman–Crippen LogP) is 2.93. The van der Waals surface area contributed by atoms with Gasteiger partial charge in [-0.3, -0.25) is 9.59 Å². The van der Waals surface area contributed by atoms with Crippen molar-refractivity contribution in [1.82, 2.24) is 10.2 Å². The number of hydrogen-bond acceptors (Lipinski definition) is 3. The lowest BCUT2D eigenvalue weighted by atomic mass is 10.1. The zero-order valence-corrected chi connectivity index (χ0v) is 15.7. The van der Waals surface area contributed by atoms with Gasteiger partial charge in [-0.1, -0.05) is 36.4 Å². The molecule has 0 atom stereocenters. The molecule has 0 aromatic heterocycles. The van der Waals surface area contributed by atoms with E-state index in [0.717, 1.165) is 5.56 Å². The first kappa shape index (κ1) is 20.4. The number of halogens is 1. The molecule has 0 bridgehead atoms. The van der Waals surface area contributed by atoms with E-state index in [1.165, 1.54) is 13.0 Å². The fourth-order valence-electron chi connectivity index (χ4n) is 2.75. The van der Waals surface area contributed by atoms with E-state index in [1.54, 1.807) is 30.2 Å². The highest BCUT2D eigenvalue weighted by Crippen LogP contribution is 2.16.